The van der Waals surface area contributed by atoms with Gasteiger partial charge in [-0.3, -0.25) is 4.55 Å². The Morgan fingerprint density at radius 3 is 2.85 bits per heavy atom. The SMILES string of the molecule is O=S(=O)(O)c1ccccc1C[C@@H]1CN[C@H]2[C@H]1OC[C@@H]2O. The molecule has 0 amide bonds. The molecule has 3 N–H and O–H groups in total. The van der Waals surface area contributed by atoms with Gasteiger partial charge in [0.25, 0.3) is 10.1 Å². The molecule has 0 unspecified atom stereocenters. The molecule has 2 aliphatic rings. The van der Waals surface area contributed by atoms with Crippen LogP contribution in [0.2, 0.25) is 0 Å². The first-order chi connectivity index (χ1) is 9.47. The van der Waals surface area contributed by atoms with Gasteiger partial charge in [-0.05, 0) is 18.1 Å². The molecule has 1 aromatic carbocycles. The van der Waals surface area contributed by atoms with Crippen molar-refractivity contribution in [1.29, 1.82) is 0 Å². The van der Waals surface area contributed by atoms with Gasteiger partial charge in [-0.25, -0.2) is 0 Å². The van der Waals surface area contributed by atoms with Crippen molar-refractivity contribution in [3.63, 3.8) is 0 Å². The lowest BCUT2D eigenvalue weighted by molar-refractivity contribution is 0.0629. The molecule has 2 aliphatic heterocycles. The highest BCUT2D eigenvalue weighted by Gasteiger charge is 2.45. The van der Waals surface area contributed by atoms with E-state index in [1.54, 1.807) is 18.2 Å². The summed E-state index contributed by atoms with van der Waals surface area (Å²) >= 11 is 0. The third-order valence-electron chi connectivity index (χ3n) is 4.04. The van der Waals surface area contributed by atoms with Crippen molar-refractivity contribution in [2.75, 3.05) is 13.2 Å². The summed E-state index contributed by atoms with van der Waals surface area (Å²) in [6.07, 6.45) is -0.141. The van der Waals surface area contributed by atoms with E-state index < -0.39 is 16.2 Å². The van der Waals surface area contributed by atoms with Crippen LogP contribution in [0.25, 0.3) is 0 Å². The molecular formula is C13H17NO5S. The predicted octanol–water partition coefficient (Wildman–Crippen LogP) is -0.176. The summed E-state index contributed by atoms with van der Waals surface area (Å²) in [5, 5.41) is 13.0. The average molecular weight is 299 g/mol. The number of hydrogen-bond acceptors (Lipinski definition) is 5. The van der Waals surface area contributed by atoms with Gasteiger partial charge in [0, 0.05) is 12.5 Å². The molecule has 7 heteroatoms. The van der Waals surface area contributed by atoms with Crippen molar-refractivity contribution in [3.8, 4) is 0 Å². The van der Waals surface area contributed by atoms with Crippen molar-refractivity contribution in [2.45, 2.75) is 29.6 Å². The number of hydrogen-bond donors (Lipinski definition) is 3. The molecule has 2 heterocycles. The molecule has 3 rings (SSSR count). The molecular weight excluding hydrogens is 282 g/mol. The van der Waals surface area contributed by atoms with Gasteiger partial charge in [-0.1, -0.05) is 18.2 Å². The molecule has 110 valence electrons. The number of fused-ring (bicyclic) bond motifs is 1. The molecule has 0 aliphatic carbocycles. The number of ether oxygens (including phenoxy) is 1. The summed E-state index contributed by atoms with van der Waals surface area (Å²) in [6, 6.07) is 6.33. The van der Waals surface area contributed by atoms with Crippen LogP contribution < -0.4 is 5.32 Å². The highest BCUT2D eigenvalue weighted by Crippen LogP contribution is 2.30. The quantitative estimate of drug-likeness (QED) is 0.670. The van der Waals surface area contributed by atoms with Crippen molar-refractivity contribution < 1.29 is 22.8 Å². The Hall–Kier alpha value is -0.990. The van der Waals surface area contributed by atoms with Gasteiger partial charge in [-0.15, -0.1) is 0 Å². The Kier molecular flexibility index (Phi) is 3.55. The van der Waals surface area contributed by atoms with Gasteiger partial charge in [0.1, 0.15) is 0 Å². The van der Waals surface area contributed by atoms with Crippen LogP contribution in [0.5, 0.6) is 0 Å². The van der Waals surface area contributed by atoms with Crippen LogP contribution in [-0.2, 0) is 21.3 Å². The summed E-state index contributed by atoms with van der Waals surface area (Å²) < 4.78 is 37.6. The highest BCUT2D eigenvalue weighted by molar-refractivity contribution is 7.85. The van der Waals surface area contributed by atoms with Gasteiger partial charge in [0.2, 0.25) is 0 Å². The summed E-state index contributed by atoms with van der Waals surface area (Å²) in [4.78, 5) is -0.0537. The molecule has 0 radical (unpaired) electrons. The minimum atomic E-state index is -4.22. The predicted molar refractivity (Wildman–Crippen MR) is 71.0 cm³/mol. The first-order valence-corrected chi connectivity index (χ1v) is 7.99. The summed E-state index contributed by atoms with van der Waals surface area (Å²) in [5.74, 6) is 0.0834. The number of rotatable bonds is 3. The number of benzene rings is 1. The van der Waals surface area contributed by atoms with E-state index in [2.05, 4.69) is 5.32 Å². The second-order valence-electron chi connectivity index (χ2n) is 5.35. The van der Waals surface area contributed by atoms with E-state index in [4.69, 9.17) is 4.74 Å². The second kappa shape index (κ2) is 5.09. The fourth-order valence-corrected chi connectivity index (χ4v) is 3.85. The molecule has 6 nitrogen and oxygen atoms in total. The molecule has 0 spiro atoms. The Balaban J connectivity index is 1.83. The van der Waals surface area contributed by atoms with Crippen molar-refractivity contribution in [1.82, 2.24) is 5.32 Å². The number of nitrogens with one attached hydrogen (secondary N) is 1. The van der Waals surface area contributed by atoms with Crippen molar-refractivity contribution in [2.24, 2.45) is 5.92 Å². The molecule has 1 aromatic rings. The Morgan fingerprint density at radius 1 is 1.35 bits per heavy atom. The smallest absolute Gasteiger partial charge is 0.294 e. The highest BCUT2D eigenvalue weighted by atomic mass is 32.2. The zero-order valence-electron chi connectivity index (χ0n) is 10.8. The van der Waals surface area contributed by atoms with Gasteiger partial charge in [0.05, 0.1) is 29.8 Å². The Morgan fingerprint density at radius 2 is 2.10 bits per heavy atom. The summed E-state index contributed by atoms with van der Waals surface area (Å²) in [7, 11) is -4.22. The summed E-state index contributed by atoms with van der Waals surface area (Å²) in [6.45, 7) is 0.963. The topological polar surface area (TPSA) is 95.9 Å². The maximum Gasteiger partial charge on any atom is 0.294 e. The van der Waals surface area contributed by atoms with Gasteiger partial charge >= 0.3 is 0 Å². The maximum atomic E-state index is 11.4. The van der Waals surface area contributed by atoms with E-state index in [1.165, 1.54) is 6.07 Å². The number of aliphatic hydroxyl groups excluding tert-OH is 1. The number of aliphatic hydroxyl groups is 1. The fourth-order valence-electron chi connectivity index (χ4n) is 3.12. The molecule has 4 atom stereocenters. The Labute approximate surface area is 117 Å². The molecule has 20 heavy (non-hydrogen) atoms. The third kappa shape index (κ3) is 2.47. The zero-order chi connectivity index (χ0) is 14.3. The minimum absolute atomic E-state index is 0.0537. The zero-order valence-corrected chi connectivity index (χ0v) is 11.6. The maximum absolute atomic E-state index is 11.4. The van der Waals surface area contributed by atoms with E-state index in [1.807, 2.05) is 0 Å². The largest absolute Gasteiger partial charge is 0.389 e. The van der Waals surface area contributed by atoms with E-state index in [0.29, 0.717) is 25.1 Å². The van der Waals surface area contributed by atoms with Crippen LogP contribution >= 0.6 is 0 Å². The van der Waals surface area contributed by atoms with Gasteiger partial charge < -0.3 is 15.2 Å². The Bertz CT molecular complexity index is 603. The van der Waals surface area contributed by atoms with E-state index in [-0.39, 0.29) is 23.0 Å². The first-order valence-electron chi connectivity index (χ1n) is 6.55. The van der Waals surface area contributed by atoms with Crippen LogP contribution in [0.1, 0.15) is 5.56 Å². The standard InChI is InChI=1S/C13H17NO5S/c15-10-7-19-13-9(6-14-12(10)13)5-8-3-1-2-4-11(8)20(16,17)18/h1-4,9-10,12-15H,5-7H2,(H,16,17,18)/t9-,10+,12-,13+/m1/s1. The van der Waals surface area contributed by atoms with Crippen LogP contribution in [-0.4, -0.2) is 49.5 Å². The van der Waals surface area contributed by atoms with Crippen LogP contribution in [0.4, 0.5) is 0 Å². The van der Waals surface area contributed by atoms with E-state index >= 15 is 0 Å². The molecule has 2 fully saturated rings. The molecule has 0 bridgehead atoms. The van der Waals surface area contributed by atoms with E-state index in [0.717, 1.165) is 0 Å². The van der Waals surface area contributed by atoms with Crippen LogP contribution in [0, 0.1) is 5.92 Å². The monoisotopic (exact) mass is 299 g/mol. The first kappa shape index (κ1) is 14.0. The normalized spacial score (nSPS) is 33.3. The minimum Gasteiger partial charge on any atom is -0.389 e. The van der Waals surface area contributed by atoms with E-state index in [9.17, 15) is 18.1 Å². The molecule has 2 saturated heterocycles. The molecule has 0 saturated carbocycles. The lowest BCUT2D eigenvalue weighted by atomic mass is 9.94. The second-order valence-corrected chi connectivity index (χ2v) is 6.74. The molecule has 0 aromatic heterocycles. The fraction of sp³-hybridized carbons (Fsp3) is 0.538. The summed E-state index contributed by atoms with van der Waals surface area (Å²) in [5.41, 5.74) is 0.576. The van der Waals surface area contributed by atoms with Crippen molar-refractivity contribution in [3.05, 3.63) is 29.8 Å². The third-order valence-corrected chi connectivity index (χ3v) is 4.99. The van der Waals surface area contributed by atoms with Crippen molar-refractivity contribution >= 4 is 10.1 Å². The van der Waals surface area contributed by atoms with Gasteiger partial charge in [-0.2, -0.15) is 8.42 Å². The van der Waals surface area contributed by atoms with Crippen LogP contribution in [0.15, 0.2) is 29.2 Å². The average Bonchev–Trinajstić information content (AvgIpc) is 2.94. The lowest BCUT2D eigenvalue weighted by Gasteiger charge is -2.18. The van der Waals surface area contributed by atoms with Crippen LogP contribution in [0.3, 0.4) is 0 Å². The lowest BCUT2D eigenvalue weighted by Crippen LogP contribution is -2.36. The van der Waals surface area contributed by atoms with Gasteiger partial charge in [0.15, 0.2) is 0 Å².